The molecule has 0 amide bonds. The van der Waals surface area contributed by atoms with Gasteiger partial charge in [0.1, 0.15) is 11.3 Å². The number of hydrogen-bond donors (Lipinski definition) is 0. The summed E-state index contributed by atoms with van der Waals surface area (Å²) < 4.78 is 2.22. The lowest BCUT2D eigenvalue weighted by Gasteiger charge is -2.25. The Kier molecular flexibility index (Phi) is 5.00. The largest absolute Gasteiger partial charge is 0.307 e. The lowest BCUT2D eigenvalue weighted by atomic mass is 10.0. The molecule has 4 nitrogen and oxygen atoms in total. The molecule has 0 spiro atoms. The maximum atomic E-state index is 6.10. The Morgan fingerprint density at radius 3 is 2.70 bits per heavy atom. The first-order chi connectivity index (χ1) is 9.52. The summed E-state index contributed by atoms with van der Waals surface area (Å²) in [5.74, 6) is 1.94. The van der Waals surface area contributed by atoms with Crippen molar-refractivity contribution in [1.29, 1.82) is 0 Å². The third kappa shape index (κ3) is 3.30. The highest BCUT2D eigenvalue weighted by atomic mass is 35.5. The van der Waals surface area contributed by atoms with Gasteiger partial charge in [0, 0.05) is 18.8 Å². The molecule has 2 aromatic rings. The van der Waals surface area contributed by atoms with Gasteiger partial charge in [0.05, 0.1) is 5.88 Å². The topological polar surface area (TPSA) is 34.0 Å². The highest BCUT2D eigenvalue weighted by molar-refractivity contribution is 6.16. The zero-order valence-corrected chi connectivity index (χ0v) is 13.4. The number of hydrogen-bond acceptors (Lipinski definition) is 3. The molecular formula is C15H23ClN4. The number of imidazole rings is 1. The number of fused-ring (bicyclic) bond motifs is 1. The predicted molar refractivity (Wildman–Crippen MR) is 84.1 cm³/mol. The van der Waals surface area contributed by atoms with E-state index in [1.807, 2.05) is 18.3 Å². The van der Waals surface area contributed by atoms with Crippen LogP contribution in [0.1, 0.15) is 32.1 Å². The van der Waals surface area contributed by atoms with Crippen molar-refractivity contribution in [1.82, 2.24) is 19.4 Å². The van der Waals surface area contributed by atoms with Gasteiger partial charge < -0.3 is 9.47 Å². The van der Waals surface area contributed by atoms with Gasteiger partial charge in [-0.15, -0.1) is 11.6 Å². The normalized spacial score (nSPS) is 13.6. The molecule has 0 fully saturated rings. The van der Waals surface area contributed by atoms with Gasteiger partial charge in [-0.2, -0.15) is 0 Å². The predicted octanol–water partition coefficient (Wildman–Crippen LogP) is 3.32. The molecule has 5 heteroatoms. The number of nitrogens with zero attached hydrogens (tertiary/aromatic N) is 4. The van der Waals surface area contributed by atoms with Crippen molar-refractivity contribution in [3.63, 3.8) is 0 Å². The van der Waals surface area contributed by atoms with Gasteiger partial charge in [-0.05, 0) is 38.6 Å². The third-order valence-corrected chi connectivity index (χ3v) is 3.56. The van der Waals surface area contributed by atoms with Crippen molar-refractivity contribution in [3.8, 4) is 0 Å². The van der Waals surface area contributed by atoms with E-state index >= 15 is 0 Å². The fourth-order valence-corrected chi connectivity index (χ4v) is 2.87. The second-order valence-corrected chi connectivity index (χ2v) is 6.19. The van der Waals surface area contributed by atoms with Crippen molar-refractivity contribution < 1.29 is 0 Å². The van der Waals surface area contributed by atoms with Crippen LogP contribution in [0.25, 0.3) is 11.2 Å². The molecule has 20 heavy (non-hydrogen) atoms. The molecular weight excluding hydrogens is 272 g/mol. The molecule has 2 rings (SSSR count). The smallest absolute Gasteiger partial charge is 0.160 e. The molecule has 0 bridgehead atoms. The Hall–Kier alpha value is -1.13. The second-order valence-electron chi connectivity index (χ2n) is 5.92. The first-order valence-corrected chi connectivity index (χ1v) is 7.59. The molecule has 2 aromatic heterocycles. The SMILES string of the molecule is CC(C)CC(CN(C)C)n1c(CCl)nc2cccnc21. The van der Waals surface area contributed by atoms with Crippen LogP contribution < -0.4 is 0 Å². The quantitative estimate of drug-likeness (QED) is 0.767. The Morgan fingerprint density at radius 1 is 1.35 bits per heavy atom. The van der Waals surface area contributed by atoms with Crippen LogP contribution in [0, 0.1) is 5.92 Å². The van der Waals surface area contributed by atoms with Crippen LogP contribution in [0.15, 0.2) is 18.3 Å². The average Bonchev–Trinajstić information content (AvgIpc) is 2.75. The van der Waals surface area contributed by atoms with Crippen LogP contribution in [-0.2, 0) is 5.88 Å². The van der Waals surface area contributed by atoms with Crippen molar-refractivity contribution in [3.05, 3.63) is 24.2 Å². The molecule has 0 radical (unpaired) electrons. The van der Waals surface area contributed by atoms with Gasteiger partial charge in [0.15, 0.2) is 5.65 Å². The lowest BCUT2D eigenvalue weighted by molar-refractivity contribution is 0.289. The average molecular weight is 295 g/mol. The Morgan fingerprint density at radius 2 is 2.10 bits per heavy atom. The molecule has 0 aromatic carbocycles. The summed E-state index contributed by atoms with van der Waals surface area (Å²) in [7, 11) is 4.19. The first kappa shape index (κ1) is 15.3. The zero-order chi connectivity index (χ0) is 14.7. The Labute approximate surface area is 125 Å². The molecule has 1 atom stereocenters. The molecule has 0 aliphatic rings. The lowest BCUT2D eigenvalue weighted by Crippen LogP contribution is -2.27. The van der Waals surface area contributed by atoms with E-state index < -0.39 is 0 Å². The van der Waals surface area contributed by atoms with Crippen LogP contribution in [0.5, 0.6) is 0 Å². The molecule has 0 aliphatic carbocycles. The number of halogens is 1. The summed E-state index contributed by atoms with van der Waals surface area (Å²) in [6.07, 6.45) is 2.91. The summed E-state index contributed by atoms with van der Waals surface area (Å²) in [4.78, 5) is 11.3. The maximum Gasteiger partial charge on any atom is 0.160 e. The van der Waals surface area contributed by atoms with Crippen LogP contribution in [-0.4, -0.2) is 40.1 Å². The summed E-state index contributed by atoms with van der Waals surface area (Å²) >= 11 is 6.10. The van der Waals surface area contributed by atoms with Crippen LogP contribution in [0.4, 0.5) is 0 Å². The Bertz CT molecular complexity index is 552. The minimum absolute atomic E-state index is 0.346. The number of likely N-dealkylation sites (N-methyl/N-ethyl adjacent to an activating group) is 1. The molecule has 1 unspecified atom stereocenters. The fraction of sp³-hybridized carbons (Fsp3) is 0.600. The minimum Gasteiger partial charge on any atom is -0.307 e. The van der Waals surface area contributed by atoms with E-state index in [2.05, 4.69) is 47.4 Å². The summed E-state index contributed by atoms with van der Waals surface area (Å²) in [6, 6.07) is 4.26. The van der Waals surface area contributed by atoms with E-state index in [4.69, 9.17) is 11.6 Å². The molecule has 0 aliphatic heterocycles. The highest BCUT2D eigenvalue weighted by Crippen LogP contribution is 2.26. The summed E-state index contributed by atoms with van der Waals surface area (Å²) in [5.41, 5.74) is 1.87. The molecule has 0 N–H and O–H groups in total. The van der Waals surface area contributed by atoms with Gasteiger partial charge >= 0.3 is 0 Å². The number of pyridine rings is 1. The second kappa shape index (κ2) is 6.55. The van der Waals surface area contributed by atoms with Crippen LogP contribution >= 0.6 is 11.6 Å². The monoisotopic (exact) mass is 294 g/mol. The standard InChI is InChI=1S/C15H23ClN4/c1-11(2)8-12(10-19(3)4)20-14(9-16)18-13-6-5-7-17-15(13)20/h5-7,11-12H,8-10H2,1-4H3. The molecule has 2 heterocycles. The number of rotatable bonds is 6. The van der Waals surface area contributed by atoms with Gasteiger partial charge in [-0.1, -0.05) is 13.8 Å². The molecule has 0 saturated heterocycles. The van der Waals surface area contributed by atoms with E-state index in [1.54, 1.807) is 0 Å². The highest BCUT2D eigenvalue weighted by Gasteiger charge is 2.21. The zero-order valence-electron chi connectivity index (χ0n) is 12.7. The number of alkyl halides is 1. The van der Waals surface area contributed by atoms with E-state index in [-0.39, 0.29) is 0 Å². The van der Waals surface area contributed by atoms with Gasteiger partial charge in [-0.25, -0.2) is 9.97 Å². The van der Waals surface area contributed by atoms with E-state index in [1.165, 1.54) is 0 Å². The van der Waals surface area contributed by atoms with Crippen molar-refractivity contribution >= 4 is 22.8 Å². The van der Waals surface area contributed by atoms with Gasteiger partial charge in [-0.3, -0.25) is 0 Å². The van der Waals surface area contributed by atoms with E-state index in [0.717, 1.165) is 30.0 Å². The van der Waals surface area contributed by atoms with Crippen molar-refractivity contribution in [2.45, 2.75) is 32.2 Å². The summed E-state index contributed by atoms with van der Waals surface area (Å²) in [5, 5.41) is 0. The van der Waals surface area contributed by atoms with Crippen molar-refractivity contribution in [2.24, 2.45) is 5.92 Å². The van der Waals surface area contributed by atoms with E-state index in [9.17, 15) is 0 Å². The molecule has 110 valence electrons. The third-order valence-electron chi connectivity index (χ3n) is 3.33. The minimum atomic E-state index is 0.346. The van der Waals surface area contributed by atoms with E-state index in [0.29, 0.717) is 17.8 Å². The summed E-state index contributed by atoms with van der Waals surface area (Å²) in [6.45, 7) is 5.45. The van der Waals surface area contributed by atoms with Crippen LogP contribution in [0.2, 0.25) is 0 Å². The van der Waals surface area contributed by atoms with Crippen molar-refractivity contribution in [2.75, 3.05) is 20.6 Å². The van der Waals surface area contributed by atoms with Gasteiger partial charge in [0.25, 0.3) is 0 Å². The van der Waals surface area contributed by atoms with Gasteiger partial charge in [0.2, 0.25) is 0 Å². The fourth-order valence-electron chi connectivity index (χ4n) is 2.68. The number of aromatic nitrogens is 3. The first-order valence-electron chi connectivity index (χ1n) is 7.05. The maximum absolute atomic E-state index is 6.10. The van der Waals surface area contributed by atoms with Crippen LogP contribution in [0.3, 0.4) is 0 Å². The molecule has 0 saturated carbocycles. The Balaban J connectivity index is 2.49.